The van der Waals surface area contributed by atoms with E-state index >= 15 is 0 Å². The molecule has 1 saturated carbocycles. The Labute approximate surface area is 246 Å². The zero-order chi connectivity index (χ0) is 30.6. The minimum absolute atomic E-state index is 0.0727. The van der Waals surface area contributed by atoms with Crippen LogP contribution in [0.1, 0.15) is 74.0 Å². The van der Waals surface area contributed by atoms with Gasteiger partial charge >= 0.3 is 12.1 Å². The van der Waals surface area contributed by atoms with E-state index in [1.165, 1.54) is 34.1 Å². The van der Waals surface area contributed by atoms with Crippen LogP contribution in [0, 0.1) is 30.5 Å². The Morgan fingerprint density at radius 1 is 1.05 bits per heavy atom. The average Bonchev–Trinajstić information content (AvgIpc) is 3.38. The summed E-state index contributed by atoms with van der Waals surface area (Å²) in [7, 11) is 0. The second-order valence-corrected chi connectivity index (χ2v) is 11.9. The van der Waals surface area contributed by atoms with Crippen molar-refractivity contribution >= 4 is 23.9 Å². The Bertz CT molecular complexity index is 1300. The van der Waals surface area contributed by atoms with Crippen molar-refractivity contribution in [3.05, 3.63) is 71.0 Å². The summed E-state index contributed by atoms with van der Waals surface area (Å²) in [5, 5.41) is 12.2. The highest BCUT2D eigenvalue weighted by molar-refractivity contribution is 5.99. The molecule has 2 fully saturated rings. The van der Waals surface area contributed by atoms with Gasteiger partial charge in [-0.05, 0) is 67.3 Å². The zero-order valence-corrected chi connectivity index (χ0v) is 24.6. The van der Waals surface area contributed by atoms with Crippen molar-refractivity contribution in [1.29, 1.82) is 0 Å². The van der Waals surface area contributed by atoms with Gasteiger partial charge in [0.2, 0.25) is 0 Å². The first kappa shape index (κ1) is 31.0. The molecule has 0 aromatic heterocycles. The van der Waals surface area contributed by atoms with Crippen LogP contribution in [-0.4, -0.2) is 64.1 Å². The highest BCUT2D eigenvalue weighted by Gasteiger charge is 2.46. The highest BCUT2D eigenvalue weighted by atomic mass is 19.1. The summed E-state index contributed by atoms with van der Waals surface area (Å²) in [6.07, 6.45) is -0.124. The molecule has 2 aromatic carbocycles. The van der Waals surface area contributed by atoms with Crippen molar-refractivity contribution in [2.45, 2.75) is 71.7 Å². The van der Waals surface area contributed by atoms with Gasteiger partial charge in [0.25, 0.3) is 11.8 Å². The standard InChI is InChI=1S/C32H40FN3O6/c1-19(2)25-13-8-21(4)17-27(25)42-32(41)36-15-14-35(31(40)23-7-5-6-20(3)16-23)30(36)29(39)34-26(18-28(37)38)22-9-11-24(33)12-10-22/h5-7,9-12,16,19,21,25-27,30H,8,13-15,17-18H2,1-4H3,(H,34,39)(H,37,38). The first-order valence-corrected chi connectivity index (χ1v) is 14.6. The summed E-state index contributed by atoms with van der Waals surface area (Å²) in [5.41, 5.74) is 1.61. The maximum Gasteiger partial charge on any atom is 0.412 e. The first-order valence-electron chi connectivity index (χ1n) is 14.6. The van der Waals surface area contributed by atoms with E-state index in [-0.39, 0.29) is 25.1 Å². The quantitative estimate of drug-likeness (QED) is 0.446. The molecule has 10 heteroatoms. The third-order valence-corrected chi connectivity index (χ3v) is 8.35. The summed E-state index contributed by atoms with van der Waals surface area (Å²) in [6, 6.07) is 11.1. The molecule has 0 radical (unpaired) electrons. The molecule has 1 saturated heterocycles. The Hall–Kier alpha value is -3.95. The largest absolute Gasteiger partial charge is 0.481 e. The number of ether oxygens (including phenoxy) is 1. The number of hydrogen-bond donors (Lipinski definition) is 2. The monoisotopic (exact) mass is 581 g/mol. The normalized spacial score (nSPS) is 23.0. The molecule has 5 unspecified atom stereocenters. The summed E-state index contributed by atoms with van der Waals surface area (Å²) in [5.74, 6) is -1.96. The van der Waals surface area contributed by atoms with Crippen LogP contribution < -0.4 is 5.32 Å². The lowest BCUT2D eigenvalue weighted by Crippen LogP contribution is -2.55. The lowest BCUT2D eigenvalue weighted by molar-refractivity contribution is -0.138. The van der Waals surface area contributed by atoms with Crippen LogP contribution in [0.4, 0.5) is 9.18 Å². The van der Waals surface area contributed by atoms with E-state index in [0.29, 0.717) is 23.0 Å². The van der Waals surface area contributed by atoms with Gasteiger partial charge in [-0.25, -0.2) is 9.18 Å². The summed E-state index contributed by atoms with van der Waals surface area (Å²) in [6.45, 7) is 8.35. The van der Waals surface area contributed by atoms with E-state index in [0.717, 1.165) is 24.8 Å². The van der Waals surface area contributed by atoms with Gasteiger partial charge in [-0.15, -0.1) is 0 Å². The summed E-state index contributed by atoms with van der Waals surface area (Å²) in [4.78, 5) is 55.5. The maximum absolute atomic E-state index is 13.9. The predicted octanol–water partition coefficient (Wildman–Crippen LogP) is 5.15. The van der Waals surface area contributed by atoms with E-state index in [1.807, 2.05) is 13.0 Å². The lowest BCUT2D eigenvalue weighted by atomic mass is 9.75. The number of amides is 3. The molecular formula is C32H40FN3O6. The maximum atomic E-state index is 13.9. The summed E-state index contributed by atoms with van der Waals surface area (Å²) >= 11 is 0. The van der Waals surface area contributed by atoms with Crippen molar-refractivity contribution in [3.63, 3.8) is 0 Å². The van der Waals surface area contributed by atoms with Crippen LogP contribution in [0.3, 0.4) is 0 Å². The third kappa shape index (κ3) is 7.27. The van der Waals surface area contributed by atoms with Crippen LogP contribution in [0.5, 0.6) is 0 Å². The molecule has 1 heterocycles. The van der Waals surface area contributed by atoms with Crippen LogP contribution in [-0.2, 0) is 14.3 Å². The molecule has 4 rings (SSSR count). The van der Waals surface area contributed by atoms with E-state index in [4.69, 9.17) is 4.74 Å². The molecule has 2 aromatic rings. The Morgan fingerprint density at radius 3 is 2.38 bits per heavy atom. The van der Waals surface area contributed by atoms with Crippen LogP contribution in [0.2, 0.25) is 0 Å². The second kappa shape index (κ2) is 13.4. The topological polar surface area (TPSA) is 116 Å². The number of carbonyl (C=O) groups excluding carboxylic acids is 3. The second-order valence-electron chi connectivity index (χ2n) is 11.9. The fourth-order valence-electron chi connectivity index (χ4n) is 6.07. The van der Waals surface area contributed by atoms with Crippen molar-refractivity contribution in [1.82, 2.24) is 15.1 Å². The minimum Gasteiger partial charge on any atom is -0.481 e. The number of carbonyl (C=O) groups is 4. The van der Waals surface area contributed by atoms with Gasteiger partial charge < -0.3 is 20.1 Å². The van der Waals surface area contributed by atoms with Gasteiger partial charge in [0.15, 0.2) is 6.17 Å². The number of aryl methyl sites for hydroxylation is 1. The average molecular weight is 582 g/mol. The minimum atomic E-state index is -1.36. The van der Waals surface area contributed by atoms with Gasteiger partial charge in [0.1, 0.15) is 11.9 Å². The molecule has 42 heavy (non-hydrogen) atoms. The van der Waals surface area contributed by atoms with Crippen molar-refractivity contribution in [2.75, 3.05) is 13.1 Å². The molecule has 1 aliphatic heterocycles. The number of carboxylic acid groups (broad SMARTS) is 1. The van der Waals surface area contributed by atoms with Gasteiger partial charge in [0, 0.05) is 18.7 Å². The van der Waals surface area contributed by atoms with Gasteiger partial charge in [0.05, 0.1) is 12.5 Å². The Morgan fingerprint density at radius 2 is 1.74 bits per heavy atom. The molecule has 226 valence electrons. The van der Waals surface area contributed by atoms with E-state index in [2.05, 4.69) is 26.1 Å². The van der Waals surface area contributed by atoms with Crippen molar-refractivity contribution < 1.29 is 33.4 Å². The number of nitrogens with zero attached hydrogens (tertiary/aromatic N) is 2. The zero-order valence-electron chi connectivity index (χ0n) is 24.6. The molecule has 3 amide bonds. The van der Waals surface area contributed by atoms with Gasteiger partial charge in [-0.1, -0.05) is 57.0 Å². The Kier molecular flexibility index (Phi) is 9.85. The van der Waals surface area contributed by atoms with Crippen molar-refractivity contribution in [2.24, 2.45) is 17.8 Å². The fraction of sp³-hybridized carbons (Fsp3) is 0.500. The fourth-order valence-corrected chi connectivity index (χ4v) is 6.07. The molecule has 0 bridgehead atoms. The van der Waals surface area contributed by atoms with Crippen LogP contribution in [0.25, 0.3) is 0 Å². The molecule has 0 spiro atoms. The number of benzene rings is 2. The van der Waals surface area contributed by atoms with E-state index in [9.17, 15) is 28.7 Å². The number of aliphatic carboxylic acids is 1. The number of hydrogen-bond acceptors (Lipinski definition) is 5. The third-order valence-electron chi connectivity index (χ3n) is 8.35. The molecule has 9 nitrogen and oxygen atoms in total. The van der Waals surface area contributed by atoms with Gasteiger partial charge in [-0.2, -0.15) is 0 Å². The number of rotatable bonds is 8. The number of carboxylic acids is 1. The Balaban J connectivity index is 1.63. The smallest absolute Gasteiger partial charge is 0.412 e. The highest BCUT2D eigenvalue weighted by Crippen LogP contribution is 2.36. The lowest BCUT2D eigenvalue weighted by Gasteiger charge is -2.38. The van der Waals surface area contributed by atoms with Crippen LogP contribution >= 0.6 is 0 Å². The molecule has 2 aliphatic rings. The number of nitrogens with one attached hydrogen (secondary N) is 1. The SMILES string of the molecule is Cc1cccc(C(=O)N2CCN(C(=O)OC3CC(C)CCC3C(C)C)C2C(=O)NC(CC(=O)O)c2ccc(F)cc2)c1. The summed E-state index contributed by atoms with van der Waals surface area (Å²) < 4.78 is 19.6. The predicted molar refractivity (Wildman–Crippen MR) is 154 cm³/mol. The first-order chi connectivity index (χ1) is 19.9. The molecule has 5 atom stereocenters. The van der Waals surface area contributed by atoms with E-state index in [1.54, 1.807) is 18.2 Å². The van der Waals surface area contributed by atoms with Crippen molar-refractivity contribution in [3.8, 4) is 0 Å². The molecule has 1 aliphatic carbocycles. The number of halogens is 1. The van der Waals surface area contributed by atoms with Crippen LogP contribution in [0.15, 0.2) is 48.5 Å². The molecular weight excluding hydrogens is 541 g/mol. The van der Waals surface area contributed by atoms with Gasteiger partial charge in [-0.3, -0.25) is 19.3 Å². The molecule has 2 N–H and O–H groups in total. The van der Waals surface area contributed by atoms with E-state index < -0.39 is 48.3 Å².